The van der Waals surface area contributed by atoms with Crippen LogP contribution in [0.4, 0.5) is 0 Å². The second kappa shape index (κ2) is 13.2. The van der Waals surface area contributed by atoms with Crippen LogP contribution in [0.3, 0.4) is 0 Å². The number of hydrogen-bond donors (Lipinski definition) is 0. The van der Waals surface area contributed by atoms with Gasteiger partial charge in [-0.1, -0.05) is 141 Å². The minimum atomic E-state index is -1.58. The van der Waals surface area contributed by atoms with E-state index >= 15 is 0 Å². The van der Waals surface area contributed by atoms with Crippen molar-refractivity contribution in [1.82, 2.24) is 4.90 Å². The molecule has 0 spiro atoms. The molecule has 0 atom stereocenters. The zero-order valence-corrected chi connectivity index (χ0v) is 31.7. The maximum atomic E-state index is 5.21. The summed E-state index contributed by atoms with van der Waals surface area (Å²) in [5.41, 5.74) is 0. The predicted molar refractivity (Wildman–Crippen MR) is 153 cm³/mol. The van der Waals surface area contributed by atoms with Crippen molar-refractivity contribution in [2.45, 2.75) is 117 Å². The molecule has 0 bridgehead atoms. The molecule has 0 N–H and O–H groups in total. The van der Waals surface area contributed by atoms with Gasteiger partial charge in [-0.25, -0.2) is 0 Å². The van der Waals surface area contributed by atoms with E-state index in [1.165, 1.54) is 0 Å². The third-order valence-electron chi connectivity index (χ3n) is 8.28. The van der Waals surface area contributed by atoms with E-state index in [0.29, 0.717) is 15.1 Å². The summed E-state index contributed by atoms with van der Waals surface area (Å²) in [6, 6.07) is 0. The quantitative estimate of drug-likeness (QED) is 0.187. The smallest absolute Gasteiger partial charge is 0.663 e. The largest absolute Gasteiger partial charge is 4.00 e. The normalized spacial score (nSPS) is 14.6. The molecule has 0 unspecified atom stereocenters. The van der Waals surface area contributed by atoms with Crippen molar-refractivity contribution in [3.8, 4) is 0 Å². The van der Waals surface area contributed by atoms with Crippen molar-refractivity contribution >= 4 is 24.7 Å². The molecule has 0 aromatic rings. The molecule has 0 aromatic carbocycles. The molecule has 0 rings (SSSR count). The summed E-state index contributed by atoms with van der Waals surface area (Å²) >= 11 is 0. The maximum Gasteiger partial charge on any atom is 4.00 e. The molecule has 0 amide bonds. The number of nitrogens with zero attached hydrogens (tertiary/aromatic N) is 4. The van der Waals surface area contributed by atoms with E-state index in [2.05, 4.69) is 106 Å². The Balaban J connectivity index is 0. The van der Waals surface area contributed by atoms with Gasteiger partial charge in [0.25, 0.3) is 0 Å². The molecule has 0 saturated carbocycles. The first-order chi connectivity index (χ1) is 13.5. The van der Waals surface area contributed by atoms with Crippen LogP contribution in [0.5, 0.6) is 0 Å². The Hall–Kier alpha value is 1.54. The topological polar surface area (TPSA) is 45.5 Å². The third-order valence-corrected chi connectivity index (χ3v) is 22.3. The number of hydrogen-bond acceptors (Lipinski definition) is 1. The van der Waals surface area contributed by atoms with Gasteiger partial charge in [0, 0.05) is 0 Å². The maximum absolute atomic E-state index is 5.21. The Morgan fingerprint density at radius 3 is 0.812 bits per heavy atom. The molecule has 0 aliphatic heterocycles. The zero-order chi connectivity index (χ0) is 24.9. The van der Waals surface area contributed by atoms with Crippen LogP contribution in [0.15, 0.2) is 0 Å². The van der Waals surface area contributed by atoms with Gasteiger partial charge >= 0.3 is 31.1 Å². The van der Waals surface area contributed by atoms with E-state index in [0.717, 1.165) is 39.3 Å². The Labute approximate surface area is 230 Å². The minimum absolute atomic E-state index is 0. The van der Waals surface area contributed by atoms with Gasteiger partial charge in [0.1, 0.15) is 0 Å². The van der Waals surface area contributed by atoms with Crippen molar-refractivity contribution in [3.05, 3.63) is 14.9 Å². The van der Waals surface area contributed by atoms with Gasteiger partial charge in [0.05, 0.1) is 0 Å². The summed E-state index contributed by atoms with van der Waals surface area (Å²) in [5.74, 6) is 0. The summed E-state index contributed by atoms with van der Waals surface area (Å²) in [5, 5.41) is 0.938. The van der Waals surface area contributed by atoms with Crippen LogP contribution in [0.2, 0.25) is 54.4 Å². The first kappa shape index (κ1) is 35.7. The van der Waals surface area contributed by atoms with Gasteiger partial charge in [-0.05, 0) is 19.6 Å². The van der Waals surface area contributed by atoms with Gasteiger partial charge in [0.15, 0.2) is 0 Å². The standard InChI is InChI=1S/C24H57N4Si3.U/c1-22(2,3)29(10,11)25-16-19-28(20-17-26-30(12,13)23(4,5)6)21-18-27-31(14,15)24(7,8)9;/h16-21H2,1-15H3;/q-3;+4. The molecule has 32 heavy (non-hydrogen) atoms. The Kier molecular flexibility index (Phi) is 14.7. The van der Waals surface area contributed by atoms with Crippen molar-refractivity contribution in [3.63, 3.8) is 0 Å². The second-order valence-corrected chi connectivity index (χ2v) is 28.7. The van der Waals surface area contributed by atoms with Crippen LogP contribution in [-0.4, -0.2) is 68.9 Å². The Bertz CT molecular complexity index is 457. The van der Waals surface area contributed by atoms with E-state index in [4.69, 9.17) is 14.9 Å². The van der Waals surface area contributed by atoms with Crippen LogP contribution in [0, 0.1) is 31.1 Å². The Morgan fingerprint density at radius 2 is 0.656 bits per heavy atom. The summed E-state index contributed by atoms with van der Waals surface area (Å²) in [4.78, 5) is 18.2. The predicted octanol–water partition coefficient (Wildman–Crippen LogP) is 8.43. The monoisotopic (exact) mass is 723 g/mol. The first-order valence-electron chi connectivity index (χ1n) is 12.3. The van der Waals surface area contributed by atoms with Gasteiger partial charge in [-0.3, -0.25) is 0 Å². The fraction of sp³-hybridized carbons (Fsp3) is 1.00. The molecule has 0 saturated heterocycles. The van der Waals surface area contributed by atoms with Crippen LogP contribution in [0.25, 0.3) is 14.9 Å². The average molecular weight is 724 g/mol. The molecule has 0 aliphatic carbocycles. The molecular formula is C24H57N4Si3U+. The van der Waals surface area contributed by atoms with Gasteiger partial charge < -0.3 is 19.8 Å². The zero-order valence-electron chi connectivity index (χ0n) is 24.5. The van der Waals surface area contributed by atoms with E-state index in [-0.39, 0.29) is 31.1 Å². The minimum Gasteiger partial charge on any atom is -0.663 e. The Morgan fingerprint density at radius 1 is 0.469 bits per heavy atom. The van der Waals surface area contributed by atoms with E-state index in [1.54, 1.807) is 0 Å². The summed E-state index contributed by atoms with van der Waals surface area (Å²) in [6.45, 7) is 41.4. The molecule has 0 aromatic heterocycles. The van der Waals surface area contributed by atoms with Crippen LogP contribution in [-0.2, 0) is 0 Å². The molecule has 0 aliphatic rings. The summed E-state index contributed by atoms with van der Waals surface area (Å²) < 4.78 is 0. The van der Waals surface area contributed by atoms with Crippen molar-refractivity contribution in [2.75, 3.05) is 39.3 Å². The van der Waals surface area contributed by atoms with E-state index in [9.17, 15) is 0 Å². The first-order valence-corrected chi connectivity index (χ1v) is 21.2. The summed E-state index contributed by atoms with van der Waals surface area (Å²) in [7, 11) is -4.74. The molecule has 0 radical (unpaired) electrons. The molecule has 8 heteroatoms. The summed E-state index contributed by atoms with van der Waals surface area (Å²) in [6.07, 6.45) is 0. The SMILES string of the molecule is CC(C)(C)[Si](C)(C)[N-]CCN(CC[N-][Si](C)(C)C(C)(C)C)CC[N-][Si](C)(C)C(C)(C)C.[U+4]. The molecule has 0 fully saturated rings. The fourth-order valence-corrected chi connectivity index (χ4v) is 5.86. The van der Waals surface area contributed by atoms with Gasteiger partial charge in [-0.2, -0.15) is 0 Å². The van der Waals surface area contributed by atoms with Crippen molar-refractivity contribution < 1.29 is 31.1 Å². The van der Waals surface area contributed by atoms with Crippen molar-refractivity contribution in [2.24, 2.45) is 0 Å². The average Bonchev–Trinajstić information content (AvgIpc) is 2.50. The number of rotatable bonds is 12. The van der Waals surface area contributed by atoms with Crippen LogP contribution in [0.1, 0.15) is 62.3 Å². The van der Waals surface area contributed by atoms with Crippen LogP contribution >= 0.6 is 0 Å². The van der Waals surface area contributed by atoms with E-state index in [1.807, 2.05) is 0 Å². The van der Waals surface area contributed by atoms with Crippen molar-refractivity contribution in [1.29, 1.82) is 0 Å². The van der Waals surface area contributed by atoms with Crippen LogP contribution < -0.4 is 0 Å². The fourth-order valence-electron chi connectivity index (χ4n) is 2.46. The molecule has 188 valence electrons. The van der Waals surface area contributed by atoms with Gasteiger partial charge in [-0.15, -0.1) is 19.6 Å². The van der Waals surface area contributed by atoms with Gasteiger partial charge in [0.2, 0.25) is 0 Å². The molecule has 0 heterocycles. The molecular weight excluding hydrogens is 667 g/mol. The second-order valence-electron chi connectivity index (χ2n) is 13.9. The van der Waals surface area contributed by atoms with E-state index < -0.39 is 24.7 Å². The molecule has 4 nitrogen and oxygen atoms in total. The third kappa shape index (κ3) is 12.0.